The number of carbonyl (C=O) groups excluding carboxylic acids is 2. The van der Waals surface area contributed by atoms with Crippen LogP contribution in [0.3, 0.4) is 0 Å². The van der Waals surface area contributed by atoms with Crippen LogP contribution < -0.4 is 11.1 Å². The molecule has 3 N–H and O–H groups in total. The molecule has 16 heavy (non-hydrogen) atoms. The smallest absolute Gasteiger partial charge is 0.422 e. The molecule has 0 aliphatic carbocycles. The number of carbonyl (C=O) groups is 2. The van der Waals surface area contributed by atoms with E-state index in [9.17, 15) is 22.8 Å². The number of primary amides is 1. The molecule has 0 aromatic carbocycles. The molecule has 94 valence electrons. The number of amides is 2. The Morgan fingerprint density at radius 1 is 1.25 bits per heavy atom. The molecule has 0 aliphatic rings. The fourth-order valence-corrected chi connectivity index (χ4v) is 0.813. The van der Waals surface area contributed by atoms with Crippen molar-refractivity contribution in [1.29, 1.82) is 0 Å². The number of alkyl carbamates (subject to hydrolysis) is 1. The topological polar surface area (TPSA) is 81.4 Å². The van der Waals surface area contributed by atoms with Crippen molar-refractivity contribution in [2.45, 2.75) is 25.4 Å². The van der Waals surface area contributed by atoms with Crippen molar-refractivity contribution >= 4 is 12.0 Å². The Bertz CT molecular complexity index is 243. The lowest BCUT2D eigenvalue weighted by atomic mass is 10.2. The van der Waals surface area contributed by atoms with Gasteiger partial charge in [-0.1, -0.05) is 0 Å². The highest BCUT2D eigenvalue weighted by atomic mass is 19.4. The van der Waals surface area contributed by atoms with Gasteiger partial charge in [0.1, 0.15) is 0 Å². The number of rotatable bonds is 6. The molecule has 0 saturated heterocycles. The van der Waals surface area contributed by atoms with Crippen LogP contribution >= 0.6 is 0 Å². The summed E-state index contributed by atoms with van der Waals surface area (Å²) in [6.07, 6.45) is -4.56. The Kier molecular flexibility index (Phi) is 6.28. The Morgan fingerprint density at radius 2 is 1.88 bits per heavy atom. The molecule has 0 unspecified atom stereocenters. The molecule has 2 amide bonds. The fourth-order valence-electron chi connectivity index (χ4n) is 0.813. The normalized spacial score (nSPS) is 10.9. The predicted octanol–water partition coefficient (Wildman–Crippen LogP) is 0.930. The summed E-state index contributed by atoms with van der Waals surface area (Å²) in [6, 6.07) is 0. The lowest BCUT2D eigenvalue weighted by Gasteiger charge is -2.08. The largest absolute Gasteiger partial charge is 0.440 e. The van der Waals surface area contributed by atoms with Crippen LogP contribution in [0.25, 0.3) is 0 Å². The molecule has 0 aromatic rings. The summed E-state index contributed by atoms with van der Waals surface area (Å²) in [5, 5.41) is 2.12. The first kappa shape index (κ1) is 14.5. The molecule has 0 radical (unpaired) electrons. The molecule has 0 rings (SSSR count). The van der Waals surface area contributed by atoms with E-state index in [-0.39, 0.29) is 13.0 Å². The second kappa shape index (κ2) is 6.91. The number of nitrogens with two attached hydrogens (primary N) is 1. The lowest BCUT2D eigenvalue weighted by molar-refractivity contribution is -0.160. The van der Waals surface area contributed by atoms with E-state index in [0.717, 1.165) is 0 Å². The molecule has 0 atom stereocenters. The van der Waals surface area contributed by atoms with Gasteiger partial charge < -0.3 is 15.8 Å². The summed E-state index contributed by atoms with van der Waals surface area (Å²) in [7, 11) is 0. The maximum absolute atomic E-state index is 11.6. The molecule has 0 heterocycles. The quantitative estimate of drug-likeness (QED) is 0.680. The second-order valence-electron chi connectivity index (χ2n) is 3.04. The summed E-state index contributed by atoms with van der Waals surface area (Å²) < 4.78 is 38.6. The molecule has 0 saturated carbocycles. The van der Waals surface area contributed by atoms with Gasteiger partial charge in [-0.15, -0.1) is 0 Å². The van der Waals surface area contributed by atoms with Gasteiger partial charge in [0.25, 0.3) is 0 Å². The van der Waals surface area contributed by atoms with Crippen molar-refractivity contribution in [3.05, 3.63) is 0 Å². The van der Waals surface area contributed by atoms with Crippen molar-refractivity contribution < 1.29 is 27.5 Å². The van der Waals surface area contributed by atoms with Crippen molar-refractivity contribution in [2.24, 2.45) is 5.73 Å². The number of alkyl halides is 3. The van der Waals surface area contributed by atoms with Crippen LogP contribution in [0, 0.1) is 0 Å². The SMILES string of the molecule is NC(=O)CCCCNC(=O)OCC(F)(F)F. The maximum Gasteiger partial charge on any atom is 0.422 e. The lowest BCUT2D eigenvalue weighted by Crippen LogP contribution is -2.29. The minimum atomic E-state index is -4.52. The van der Waals surface area contributed by atoms with Crippen LogP contribution in [0.4, 0.5) is 18.0 Å². The minimum absolute atomic E-state index is 0.143. The van der Waals surface area contributed by atoms with Gasteiger partial charge in [-0.2, -0.15) is 13.2 Å². The number of hydrogen-bond acceptors (Lipinski definition) is 3. The van der Waals surface area contributed by atoms with Crippen LogP contribution in [-0.4, -0.2) is 31.3 Å². The van der Waals surface area contributed by atoms with Gasteiger partial charge in [-0.05, 0) is 12.8 Å². The molecular weight excluding hydrogens is 229 g/mol. The van der Waals surface area contributed by atoms with Crippen LogP contribution in [0.5, 0.6) is 0 Å². The second-order valence-corrected chi connectivity index (χ2v) is 3.04. The molecule has 0 spiro atoms. The van der Waals surface area contributed by atoms with Gasteiger partial charge in [-0.3, -0.25) is 4.79 Å². The summed E-state index contributed by atoms with van der Waals surface area (Å²) in [4.78, 5) is 21.0. The summed E-state index contributed by atoms with van der Waals surface area (Å²) in [6.45, 7) is -1.47. The average molecular weight is 242 g/mol. The zero-order chi connectivity index (χ0) is 12.6. The highest BCUT2D eigenvalue weighted by Crippen LogP contribution is 2.14. The maximum atomic E-state index is 11.6. The highest BCUT2D eigenvalue weighted by molar-refractivity contribution is 5.73. The van der Waals surface area contributed by atoms with E-state index in [1.165, 1.54) is 0 Å². The third kappa shape index (κ3) is 10.6. The number of halogens is 3. The molecule has 0 fully saturated rings. The van der Waals surface area contributed by atoms with E-state index in [0.29, 0.717) is 12.8 Å². The average Bonchev–Trinajstić information content (AvgIpc) is 2.12. The Labute approximate surface area is 90.1 Å². The first-order valence-corrected chi connectivity index (χ1v) is 4.57. The van der Waals surface area contributed by atoms with Gasteiger partial charge in [0.15, 0.2) is 6.61 Å². The first-order valence-electron chi connectivity index (χ1n) is 4.57. The van der Waals surface area contributed by atoms with Crippen LogP contribution in [0.1, 0.15) is 19.3 Å². The van der Waals surface area contributed by atoms with Crippen molar-refractivity contribution in [2.75, 3.05) is 13.2 Å². The first-order chi connectivity index (χ1) is 7.31. The predicted molar refractivity (Wildman–Crippen MR) is 48.5 cm³/mol. The highest BCUT2D eigenvalue weighted by Gasteiger charge is 2.29. The van der Waals surface area contributed by atoms with Gasteiger partial charge in [0.05, 0.1) is 0 Å². The molecule has 5 nitrogen and oxygen atoms in total. The van der Waals surface area contributed by atoms with Gasteiger partial charge in [0.2, 0.25) is 5.91 Å². The molecule has 0 bridgehead atoms. The van der Waals surface area contributed by atoms with Crippen molar-refractivity contribution in [3.8, 4) is 0 Å². The van der Waals surface area contributed by atoms with E-state index < -0.39 is 24.8 Å². The molecular formula is C8H13F3N2O3. The van der Waals surface area contributed by atoms with E-state index in [1.54, 1.807) is 0 Å². The zero-order valence-corrected chi connectivity index (χ0v) is 8.47. The standard InChI is InChI=1S/C8H13F3N2O3/c9-8(10,11)5-16-7(15)13-4-2-1-3-6(12)14/h1-5H2,(H2,12,14)(H,13,15). The minimum Gasteiger partial charge on any atom is -0.440 e. The molecule has 0 aliphatic heterocycles. The molecule has 0 aromatic heterocycles. The van der Waals surface area contributed by atoms with Crippen molar-refractivity contribution in [1.82, 2.24) is 5.32 Å². The third-order valence-electron chi connectivity index (χ3n) is 1.49. The third-order valence-corrected chi connectivity index (χ3v) is 1.49. The Hall–Kier alpha value is -1.47. The fraction of sp³-hybridized carbons (Fsp3) is 0.750. The number of unbranched alkanes of at least 4 members (excludes halogenated alkanes) is 1. The van der Waals surface area contributed by atoms with E-state index in [1.807, 2.05) is 0 Å². The molecule has 8 heteroatoms. The Balaban J connectivity index is 3.41. The van der Waals surface area contributed by atoms with Crippen molar-refractivity contribution in [3.63, 3.8) is 0 Å². The number of hydrogen-bond donors (Lipinski definition) is 2. The zero-order valence-electron chi connectivity index (χ0n) is 8.47. The summed E-state index contributed by atoms with van der Waals surface area (Å²) in [5.41, 5.74) is 4.85. The number of nitrogens with one attached hydrogen (secondary N) is 1. The van der Waals surface area contributed by atoms with Gasteiger partial charge in [0, 0.05) is 13.0 Å². The Morgan fingerprint density at radius 3 is 2.38 bits per heavy atom. The summed E-state index contributed by atoms with van der Waals surface area (Å²) >= 11 is 0. The van der Waals surface area contributed by atoms with E-state index >= 15 is 0 Å². The van der Waals surface area contributed by atoms with E-state index in [2.05, 4.69) is 10.1 Å². The van der Waals surface area contributed by atoms with Gasteiger partial charge >= 0.3 is 12.3 Å². The van der Waals surface area contributed by atoms with Gasteiger partial charge in [-0.25, -0.2) is 4.79 Å². The number of ether oxygens (including phenoxy) is 1. The van der Waals surface area contributed by atoms with E-state index in [4.69, 9.17) is 5.73 Å². The van der Waals surface area contributed by atoms with Crippen LogP contribution in [-0.2, 0) is 9.53 Å². The van der Waals surface area contributed by atoms with Crippen LogP contribution in [0.15, 0.2) is 0 Å². The van der Waals surface area contributed by atoms with Crippen LogP contribution in [0.2, 0.25) is 0 Å². The monoisotopic (exact) mass is 242 g/mol. The summed E-state index contributed by atoms with van der Waals surface area (Å²) in [5.74, 6) is -0.459.